The lowest BCUT2D eigenvalue weighted by Gasteiger charge is -2.20. The lowest BCUT2D eigenvalue weighted by Crippen LogP contribution is -2.22. The van der Waals surface area contributed by atoms with Gasteiger partial charge in [-0.25, -0.2) is 9.67 Å². The summed E-state index contributed by atoms with van der Waals surface area (Å²) in [5.74, 6) is 0.838. The molecule has 5 heteroatoms. The monoisotopic (exact) mass is 348 g/mol. The Balaban J connectivity index is 1.55. The molecule has 126 valence electrons. The molecular weight excluding hydrogens is 328 g/mol. The van der Waals surface area contributed by atoms with Gasteiger partial charge in [-0.3, -0.25) is 0 Å². The first kappa shape index (κ1) is 16.0. The summed E-state index contributed by atoms with van der Waals surface area (Å²) in [7, 11) is 0. The van der Waals surface area contributed by atoms with Crippen LogP contribution in [0.2, 0.25) is 0 Å². The van der Waals surface area contributed by atoms with Crippen molar-refractivity contribution in [2.75, 3.05) is 0 Å². The van der Waals surface area contributed by atoms with Crippen molar-refractivity contribution in [2.24, 2.45) is 0 Å². The third kappa shape index (κ3) is 3.21. The zero-order valence-corrected chi connectivity index (χ0v) is 15.1. The van der Waals surface area contributed by atoms with E-state index >= 15 is 0 Å². The second kappa shape index (κ2) is 6.78. The third-order valence-corrected chi connectivity index (χ3v) is 5.47. The fourth-order valence-corrected chi connectivity index (χ4v) is 4.18. The first-order chi connectivity index (χ1) is 12.2. The van der Waals surface area contributed by atoms with Gasteiger partial charge in [0.15, 0.2) is 5.82 Å². The summed E-state index contributed by atoms with van der Waals surface area (Å²) in [6.45, 7) is 4.41. The highest BCUT2D eigenvalue weighted by Crippen LogP contribution is 2.31. The van der Waals surface area contributed by atoms with Crippen LogP contribution in [0.3, 0.4) is 0 Å². The Morgan fingerprint density at radius 1 is 1.04 bits per heavy atom. The fraction of sp³-hybridized carbons (Fsp3) is 0.200. The van der Waals surface area contributed by atoms with Crippen LogP contribution in [0.15, 0.2) is 66.4 Å². The van der Waals surface area contributed by atoms with Crippen molar-refractivity contribution in [1.29, 1.82) is 0 Å². The van der Waals surface area contributed by atoms with Crippen LogP contribution in [-0.2, 0) is 0 Å². The predicted molar refractivity (Wildman–Crippen MR) is 103 cm³/mol. The molecule has 0 spiro atoms. The van der Waals surface area contributed by atoms with Crippen molar-refractivity contribution in [3.63, 3.8) is 0 Å². The van der Waals surface area contributed by atoms with Gasteiger partial charge in [-0.2, -0.15) is 5.10 Å². The molecule has 0 bridgehead atoms. The van der Waals surface area contributed by atoms with Crippen molar-refractivity contribution in [3.8, 4) is 5.82 Å². The van der Waals surface area contributed by atoms with Gasteiger partial charge in [-0.1, -0.05) is 18.2 Å². The van der Waals surface area contributed by atoms with Crippen LogP contribution in [0.1, 0.15) is 37.1 Å². The van der Waals surface area contributed by atoms with Crippen LogP contribution in [-0.4, -0.2) is 14.8 Å². The van der Waals surface area contributed by atoms with E-state index in [0.717, 1.165) is 5.82 Å². The molecule has 0 saturated heterocycles. The van der Waals surface area contributed by atoms with Gasteiger partial charge in [0.2, 0.25) is 0 Å². The highest BCUT2D eigenvalue weighted by atomic mass is 32.1. The maximum atomic E-state index is 4.41. The number of nitrogens with zero attached hydrogens (tertiary/aromatic N) is 3. The van der Waals surface area contributed by atoms with Crippen molar-refractivity contribution in [2.45, 2.75) is 25.9 Å². The van der Waals surface area contributed by atoms with Crippen LogP contribution >= 0.6 is 11.3 Å². The number of aromatic nitrogens is 3. The molecule has 0 fully saturated rings. The first-order valence-corrected chi connectivity index (χ1v) is 9.28. The highest BCUT2D eigenvalue weighted by molar-refractivity contribution is 7.17. The molecule has 4 nitrogen and oxygen atoms in total. The summed E-state index contributed by atoms with van der Waals surface area (Å²) in [6.07, 6.45) is 5.51. The number of fused-ring (bicyclic) bond motifs is 1. The van der Waals surface area contributed by atoms with Crippen molar-refractivity contribution < 1.29 is 0 Å². The van der Waals surface area contributed by atoms with Crippen LogP contribution in [0, 0.1) is 0 Å². The van der Waals surface area contributed by atoms with Crippen molar-refractivity contribution in [3.05, 3.63) is 77.6 Å². The van der Waals surface area contributed by atoms with Gasteiger partial charge in [0.25, 0.3) is 0 Å². The average molecular weight is 348 g/mol. The van der Waals surface area contributed by atoms with E-state index < -0.39 is 0 Å². The lowest BCUT2D eigenvalue weighted by atomic mass is 10.0. The number of benzene rings is 1. The van der Waals surface area contributed by atoms with E-state index in [0.29, 0.717) is 0 Å². The summed E-state index contributed by atoms with van der Waals surface area (Å²) in [6, 6.07) is 15.1. The lowest BCUT2D eigenvalue weighted by molar-refractivity contribution is 0.497. The number of hydrogen-bond donors (Lipinski definition) is 1. The standard InChI is InChI=1S/C20H20N4S/c1-14(16-8-10-21-20(12-16)24-11-5-9-22-24)23-15(2)18-13-25-19-7-4-3-6-17(18)19/h3-15,23H,1-2H3. The first-order valence-electron chi connectivity index (χ1n) is 8.40. The molecule has 1 aromatic carbocycles. The quantitative estimate of drug-likeness (QED) is 0.558. The molecule has 0 saturated carbocycles. The van der Waals surface area contributed by atoms with E-state index in [1.165, 1.54) is 21.2 Å². The summed E-state index contributed by atoms with van der Waals surface area (Å²) in [5.41, 5.74) is 2.56. The number of hydrogen-bond acceptors (Lipinski definition) is 4. The number of thiophene rings is 1. The molecule has 2 unspecified atom stereocenters. The normalized spacial score (nSPS) is 13.8. The molecule has 0 radical (unpaired) electrons. The topological polar surface area (TPSA) is 42.7 Å². The minimum absolute atomic E-state index is 0.214. The Bertz CT molecular complexity index is 974. The second-order valence-corrected chi connectivity index (χ2v) is 7.11. The third-order valence-electron chi connectivity index (χ3n) is 4.49. The van der Waals surface area contributed by atoms with E-state index in [4.69, 9.17) is 0 Å². The Morgan fingerprint density at radius 2 is 1.92 bits per heavy atom. The van der Waals surface area contributed by atoms with Crippen LogP contribution < -0.4 is 5.32 Å². The Labute approximate surface area is 151 Å². The number of rotatable bonds is 5. The van der Waals surface area contributed by atoms with E-state index in [1.807, 2.05) is 18.5 Å². The van der Waals surface area contributed by atoms with Crippen LogP contribution in [0.4, 0.5) is 0 Å². The molecule has 25 heavy (non-hydrogen) atoms. The molecule has 0 aliphatic carbocycles. The average Bonchev–Trinajstić information content (AvgIpc) is 3.31. The Hall–Kier alpha value is -2.50. The van der Waals surface area contributed by atoms with Gasteiger partial charge in [0.1, 0.15) is 0 Å². The zero-order valence-electron chi connectivity index (χ0n) is 14.3. The van der Waals surface area contributed by atoms with E-state index in [2.05, 4.69) is 71.0 Å². The summed E-state index contributed by atoms with van der Waals surface area (Å²) >= 11 is 1.80. The number of pyridine rings is 1. The van der Waals surface area contributed by atoms with E-state index in [-0.39, 0.29) is 12.1 Å². The molecule has 3 aromatic heterocycles. The molecular formula is C20H20N4S. The minimum atomic E-state index is 0.214. The van der Waals surface area contributed by atoms with Gasteiger partial charge < -0.3 is 5.32 Å². The zero-order chi connectivity index (χ0) is 17.2. The molecule has 3 heterocycles. The smallest absolute Gasteiger partial charge is 0.153 e. The Kier molecular flexibility index (Phi) is 4.34. The molecule has 2 atom stereocenters. The van der Waals surface area contributed by atoms with Gasteiger partial charge in [0, 0.05) is 35.4 Å². The molecule has 0 aliphatic rings. The summed E-state index contributed by atoms with van der Waals surface area (Å²) in [5, 5.41) is 11.6. The molecule has 1 N–H and O–H groups in total. The largest absolute Gasteiger partial charge is 0.304 e. The highest BCUT2D eigenvalue weighted by Gasteiger charge is 2.15. The van der Waals surface area contributed by atoms with Gasteiger partial charge in [-0.05, 0) is 60.0 Å². The SMILES string of the molecule is CC(NC(C)c1csc2ccccc12)c1ccnc(-n2cccn2)c1. The van der Waals surface area contributed by atoms with Gasteiger partial charge in [0.05, 0.1) is 0 Å². The van der Waals surface area contributed by atoms with E-state index in [9.17, 15) is 0 Å². The van der Waals surface area contributed by atoms with Crippen LogP contribution in [0.5, 0.6) is 0 Å². The number of nitrogens with one attached hydrogen (secondary N) is 1. The maximum Gasteiger partial charge on any atom is 0.153 e. The van der Waals surface area contributed by atoms with E-state index in [1.54, 1.807) is 22.2 Å². The molecule has 4 rings (SSSR count). The maximum absolute atomic E-state index is 4.41. The van der Waals surface area contributed by atoms with Gasteiger partial charge >= 0.3 is 0 Å². The Morgan fingerprint density at radius 3 is 2.76 bits per heavy atom. The van der Waals surface area contributed by atoms with Crippen molar-refractivity contribution in [1.82, 2.24) is 20.1 Å². The molecule has 0 amide bonds. The summed E-state index contributed by atoms with van der Waals surface area (Å²) in [4.78, 5) is 4.41. The van der Waals surface area contributed by atoms with Gasteiger partial charge in [-0.15, -0.1) is 11.3 Å². The van der Waals surface area contributed by atoms with Crippen LogP contribution in [0.25, 0.3) is 15.9 Å². The predicted octanol–water partition coefficient (Wildman–Crippen LogP) is 4.89. The second-order valence-electron chi connectivity index (χ2n) is 6.20. The summed E-state index contributed by atoms with van der Waals surface area (Å²) < 4.78 is 3.12. The molecule has 4 aromatic rings. The molecule has 0 aliphatic heterocycles. The fourth-order valence-electron chi connectivity index (χ4n) is 3.13. The minimum Gasteiger partial charge on any atom is -0.304 e. The van der Waals surface area contributed by atoms with Crippen molar-refractivity contribution >= 4 is 21.4 Å².